The van der Waals surface area contributed by atoms with E-state index in [1.807, 2.05) is 0 Å². The number of nitrogens with two attached hydrogens (primary N) is 1. The summed E-state index contributed by atoms with van der Waals surface area (Å²) >= 11 is 0. The van der Waals surface area contributed by atoms with Crippen molar-refractivity contribution in [1.82, 2.24) is 0 Å². The number of carbonyl (C=O) groups excluding carboxylic acids is 2. The topological polar surface area (TPSA) is 107 Å². The Labute approximate surface area is 211 Å². The smallest absolute Gasteiger partial charge is 1.00 e. The number of ether oxygens (including phenoxy) is 1. The normalized spacial score (nSPS) is 11.0. The summed E-state index contributed by atoms with van der Waals surface area (Å²) in [6, 6.07) is -1.10. The third kappa shape index (κ3) is 22.7. The third-order valence-electron chi connectivity index (χ3n) is 4.19. The van der Waals surface area contributed by atoms with Gasteiger partial charge in [0.15, 0.2) is 0 Å². The van der Waals surface area contributed by atoms with Gasteiger partial charge < -0.3 is 18.4 Å². The summed E-state index contributed by atoms with van der Waals surface area (Å²) in [7, 11) is 0. The monoisotopic (exact) mass is 405 g/mol. The fourth-order valence-corrected chi connectivity index (χ4v) is 2.56. The number of esters is 2. The van der Waals surface area contributed by atoms with Crippen molar-refractivity contribution >= 4 is 17.9 Å². The number of carboxylic acids is 1. The zero-order chi connectivity index (χ0) is 18.9. The van der Waals surface area contributed by atoms with Gasteiger partial charge in [-0.1, -0.05) is 71.1 Å². The molecule has 3 N–H and O–H groups in total. The van der Waals surface area contributed by atoms with Gasteiger partial charge in [0.05, 0.1) is 0 Å². The summed E-state index contributed by atoms with van der Waals surface area (Å²) in [4.78, 5) is 33.4. The molecule has 1 atom stereocenters. The number of unbranched alkanes of at least 4 members (excludes halogenated alkanes) is 10. The minimum absolute atomic E-state index is 0. The molecular formula is C19H37NNa2O5. The molecule has 0 unspecified atom stereocenters. The van der Waals surface area contributed by atoms with E-state index >= 15 is 0 Å². The van der Waals surface area contributed by atoms with Crippen molar-refractivity contribution in [3.63, 3.8) is 0 Å². The summed E-state index contributed by atoms with van der Waals surface area (Å²) in [5, 5.41) is 8.60. The Morgan fingerprint density at radius 3 is 1.67 bits per heavy atom. The molecule has 0 spiro atoms. The SMILES string of the molecule is CCCCCCCCCCCCCC(=O)OC(=O)CC[C@H](N)C(=O)O.[H-].[H-].[Na+].[Na+]. The van der Waals surface area contributed by atoms with Crippen molar-refractivity contribution < 1.29 is 86.2 Å². The van der Waals surface area contributed by atoms with Crippen LogP contribution in [0, 0.1) is 0 Å². The first-order valence-electron chi connectivity index (χ1n) is 9.69. The van der Waals surface area contributed by atoms with Crippen LogP contribution in [0.15, 0.2) is 0 Å². The van der Waals surface area contributed by atoms with Gasteiger partial charge in [-0.15, -0.1) is 0 Å². The number of aliphatic carboxylic acids is 1. The molecule has 0 fully saturated rings. The molecule has 0 aliphatic carbocycles. The second kappa shape index (κ2) is 22.9. The van der Waals surface area contributed by atoms with E-state index < -0.39 is 23.9 Å². The summed E-state index contributed by atoms with van der Waals surface area (Å²) in [6.45, 7) is 2.22. The van der Waals surface area contributed by atoms with Crippen LogP contribution in [0.1, 0.15) is 99.7 Å². The number of rotatable bonds is 16. The fraction of sp³-hybridized carbons (Fsp3) is 0.842. The van der Waals surface area contributed by atoms with E-state index in [2.05, 4.69) is 11.7 Å². The first kappa shape index (κ1) is 32.2. The largest absolute Gasteiger partial charge is 1.00 e. The van der Waals surface area contributed by atoms with Gasteiger partial charge in [0.2, 0.25) is 0 Å². The third-order valence-corrected chi connectivity index (χ3v) is 4.19. The summed E-state index contributed by atoms with van der Waals surface area (Å²) in [5.74, 6) is -2.41. The fourth-order valence-electron chi connectivity index (χ4n) is 2.56. The van der Waals surface area contributed by atoms with Crippen molar-refractivity contribution in [3.05, 3.63) is 0 Å². The molecule has 0 amide bonds. The summed E-state index contributed by atoms with van der Waals surface area (Å²) < 4.78 is 4.65. The average Bonchev–Trinajstić information content (AvgIpc) is 2.57. The van der Waals surface area contributed by atoms with Gasteiger partial charge in [-0.05, 0) is 12.8 Å². The second-order valence-corrected chi connectivity index (χ2v) is 6.62. The van der Waals surface area contributed by atoms with E-state index in [-0.39, 0.29) is 81.2 Å². The van der Waals surface area contributed by atoms with Crippen molar-refractivity contribution in [1.29, 1.82) is 0 Å². The molecule has 0 saturated heterocycles. The molecule has 0 aliphatic rings. The predicted molar refractivity (Wildman–Crippen MR) is 99.2 cm³/mol. The Kier molecular flexibility index (Phi) is 27.3. The average molecular weight is 405 g/mol. The molecule has 0 rings (SSSR count). The van der Waals surface area contributed by atoms with Crippen molar-refractivity contribution in [2.45, 2.75) is 103 Å². The Balaban J connectivity index is -0.000000480. The van der Waals surface area contributed by atoms with Gasteiger partial charge in [0, 0.05) is 12.8 Å². The van der Waals surface area contributed by atoms with Crippen molar-refractivity contribution in [2.24, 2.45) is 5.73 Å². The van der Waals surface area contributed by atoms with Crippen LogP contribution in [0.4, 0.5) is 0 Å². The zero-order valence-corrected chi connectivity index (χ0v) is 21.6. The van der Waals surface area contributed by atoms with Crippen LogP contribution in [0.25, 0.3) is 0 Å². The van der Waals surface area contributed by atoms with Gasteiger partial charge in [-0.2, -0.15) is 0 Å². The number of hydrogen-bond donors (Lipinski definition) is 2. The van der Waals surface area contributed by atoms with Gasteiger partial charge in [0.25, 0.3) is 0 Å². The minimum atomic E-state index is -1.17. The molecule has 6 nitrogen and oxygen atoms in total. The molecule has 0 aromatic heterocycles. The molecule has 0 saturated carbocycles. The summed E-state index contributed by atoms with van der Waals surface area (Å²) in [5.41, 5.74) is 5.28. The van der Waals surface area contributed by atoms with E-state index in [0.717, 1.165) is 19.3 Å². The Morgan fingerprint density at radius 2 is 1.22 bits per heavy atom. The molecule has 0 radical (unpaired) electrons. The van der Waals surface area contributed by atoms with Crippen molar-refractivity contribution in [3.8, 4) is 0 Å². The van der Waals surface area contributed by atoms with E-state index in [1.165, 1.54) is 51.4 Å². The van der Waals surface area contributed by atoms with Crippen LogP contribution in [0.3, 0.4) is 0 Å². The molecule has 8 heteroatoms. The predicted octanol–water partition coefficient (Wildman–Crippen LogP) is -1.82. The maximum absolute atomic E-state index is 11.5. The first-order chi connectivity index (χ1) is 12.0. The molecule has 27 heavy (non-hydrogen) atoms. The summed E-state index contributed by atoms with van der Waals surface area (Å²) in [6.07, 6.45) is 13.2. The number of hydrogen-bond acceptors (Lipinski definition) is 5. The second-order valence-electron chi connectivity index (χ2n) is 6.62. The first-order valence-corrected chi connectivity index (χ1v) is 9.69. The number of carbonyl (C=O) groups is 3. The van der Waals surface area contributed by atoms with Crippen molar-refractivity contribution in [2.75, 3.05) is 0 Å². The van der Waals surface area contributed by atoms with Crippen LogP contribution in [-0.4, -0.2) is 29.1 Å². The van der Waals surface area contributed by atoms with Gasteiger partial charge in [-0.25, -0.2) is 0 Å². The number of carboxylic acid groups (broad SMARTS) is 1. The quantitative estimate of drug-likeness (QED) is 0.136. The van der Waals surface area contributed by atoms with Gasteiger partial charge in [0.1, 0.15) is 6.04 Å². The zero-order valence-electron chi connectivity index (χ0n) is 19.6. The van der Waals surface area contributed by atoms with Crippen LogP contribution in [0.2, 0.25) is 0 Å². The molecule has 150 valence electrons. The molecule has 0 aromatic carbocycles. The molecule has 0 aliphatic heterocycles. The standard InChI is InChI=1S/C19H35NO5.2Na.2H/c1-2-3-4-5-6-7-8-9-10-11-12-13-17(21)25-18(22)15-14-16(20)19(23)24;;;;/h16H,2-15,20H2,1H3,(H,23,24);;;;/q;2*+1;2*-1/t16-;;;;/m0..../s1. The van der Waals surface area contributed by atoms with Gasteiger partial charge >= 0.3 is 77.0 Å². The van der Waals surface area contributed by atoms with E-state index in [4.69, 9.17) is 10.8 Å². The van der Waals surface area contributed by atoms with Crippen LogP contribution >= 0.6 is 0 Å². The molecule has 0 aromatic rings. The Bertz CT molecular complexity index is 405. The molecule has 0 heterocycles. The van der Waals surface area contributed by atoms with E-state index in [1.54, 1.807) is 0 Å². The van der Waals surface area contributed by atoms with E-state index in [0.29, 0.717) is 0 Å². The maximum atomic E-state index is 11.5. The maximum Gasteiger partial charge on any atom is 1.00 e. The molecule has 0 bridgehead atoms. The van der Waals surface area contributed by atoms with Crippen LogP contribution in [-0.2, 0) is 19.1 Å². The molecular weight excluding hydrogens is 368 g/mol. The minimum Gasteiger partial charge on any atom is -1.00 e. The van der Waals surface area contributed by atoms with Crippen LogP contribution < -0.4 is 64.8 Å². The van der Waals surface area contributed by atoms with E-state index in [9.17, 15) is 14.4 Å². The van der Waals surface area contributed by atoms with Crippen LogP contribution in [0.5, 0.6) is 0 Å². The van der Waals surface area contributed by atoms with Gasteiger partial charge in [-0.3, -0.25) is 14.4 Å². The Hall–Kier alpha value is 0.570. The Morgan fingerprint density at radius 1 is 0.815 bits per heavy atom.